The normalized spacial score (nSPS) is 27.7. The van der Waals surface area contributed by atoms with Crippen LogP contribution < -0.4 is 0 Å². The maximum absolute atomic E-state index is 9.85. The van der Waals surface area contributed by atoms with E-state index >= 15 is 0 Å². The second kappa shape index (κ2) is 5.18. The number of fused-ring (bicyclic) bond motifs is 1. The summed E-state index contributed by atoms with van der Waals surface area (Å²) in [7, 11) is 1.46. The summed E-state index contributed by atoms with van der Waals surface area (Å²) in [6, 6.07) is 6.83. The third kappa shape index (κ3) is 2.36. The zero-order valence-electron chi connectivity index (χ0n) is 11.5. The summed E-state index contributed by atoms with van der Waals surface area (Å²) in [6.07, 6.45) is 4.07. The number of methoxy groups -OCH3 is 1. The minimum atomic E-state index is -1.10. The molecule has 0 saturated carbocycles. The number of phenols is 1. The average molecular weight is 289 g/mol. The van der Waals surface area contributed by atoms with Crippen LogP contribution in [0, 0.1) is 5.92 Å². The molecule has 1 aliphatic heterocycles. The van der Waals surface area contributed by atoms with Crippen molar-refractivity contribution in [2.24, 2.45) is 5.92 Å². The molecule has 3 atom stereocenters. The van der Waals surface area contributed by atoms with Gasteiger partial charge in [-0.3, -0.25) is 0 Å². The van der Waals surface area contributed by atoms with Gasteiger partial charge in [0.15, 0.2) is 11.5 Å². The van der Waals surface area contributed by atoms with Gasteiger partial charge in [-0.15, -0.1) is 0 Å². The lowest BCUT2D eigenvalue weighted by molar-refractivity contribution is -0.0480. The first-order valence-corrected chi connectivity index (χ1v) is 6.65. The van der Waals surface area contributed by atoms with E-state index in [9.17, 15) is 15.3 Å². The molecule has 1 aliphatic carbocycles. The van der Waals surface area contributed by atoms with Gasteiger partial charge < -0.3 is 24.8 Å². The molecule has 4 N–H and O–H groups in total. The lowest BCUT2D eigenvalue weighted by Gasteiger charge is -2.29. The molecular formula is C16H17O5+. The number of phenolic OH excluding ortho intramolecular Hbond substituents is 1. The molecule has 0 fully saturated rings. The summed E-state index contributed by atoms with van der Waals surface area (Å²) in [5, 5.41) is 29.0. The van der Waals surface area contributed by atoms with E-state index in [1.165, 1.54) is 13.2 Å². The van der Waals surface area contributed by atoms with Gasteiger partial charge >= 0.3 is 0 Å². The summed E-state index contributed by atoms with van der Waals surface area (Å²) in [5.74, 6) is 0.751. The Balaban J connectivity index is 1.91. The van der Waals surface area contributed by atoms with E-state index in [-0.39, 0.29) is 23.5 Å². The maximum atomic E-state index is 9.85. The topological polar surface area (TPSA) is 82.7 Å². The number of hydrogen-bond donors (Lipinski definition) is 3. The Kier molecular flexibility index (Phi) is 3.35. The monoisotopic (exact) mass is 289 g/mol. The van der Waals surface area contributed by atoms with Crippen molar-refractivity contribution < 1.29 is 24.8 Å². The highest BCUT2D eigenvalue weighted by Crippen LogP contribution is 2.37. The van der Waals surface area contributed by atoms with Crippen molar-refractivity contribution in [3.05, 3.63) is 65.3 Å². The standard InChI is InChI=1S/C16H16O5/c1-20-16-11-6-7-13(9-2-4-10(17)5-3-9)21-14(11)8-12(18)15(16)19/h2-8,11-13,17-19H,1H3/p+1. The second-order valence-corrected chi connectivity index (χ2v) is 5.02. The first-order valence-electron chi connectivity index (χ1n) is 6.65. The van der Waals surface area contributed by atoms with Gasteiger partial charge in [-0.1, -0.05) is 6.08 Å². The van der Waals surface area contributed by atoms with Crippen LogP contribution in [0.2, 0.25) is 0 Å². The molecule has 2 aliphatic rings. The van der Waals surface area contributed by atoms with Crippen LogP contribution in [0.15, 0.2) is 59.8 Å². The molecule has 21 heavy (non-hydrogen) atoms. The summed E-state index contributed by atoms with van der Waals surface area (Å²) in [5.41, 5.74) is 0.940. The summed E-state index contributed by atoms with van der Waals surface area (Å²) < 4.78 is 9.78. The molecule has 3 unspecified atom stereocenters. The van der Waals surface area contributed by atoms with Crippen LogP contribution in [-0.2, 0) is 4.74 Å². The molecule has 5 nitrogen and oxygen atoms in total. The van der Waals surface area contributed by atoms with Crippen LogP contribution in [-0.4, -0.2) is 33.3 Å². The average Bonchev–Trinajstić information content (AvgIpc) is 2.49. The number of hydrogen-bond acceptors (Lipinski definition) is 4. The van der Waals surface area contributed by atoms with Crippen LogP contribution in [0.5, 0.6) is 5.75 Å². The molecule has 5 heteroatoms. The Morgan fingerprint density at radius 2 is 1.81 bits per heavy atom. The third-order valence-electron chi connectivity index (χ3n) is 3.69. The fourth-order valence-corrected chi connectivity index (χ4v) is 2.60. The number of aliphatic hydroxyl groups is 4. The van der Waals surface area contributed by atoms with E-state index in [0.29, 0.717) is 11.5 Å². The number of aliphatic hydroxyl groups excluding tert-OH is 2. The summed E-state index contributed by atoms with van der Waals surface area (Å²) in [4.78, 5) is 0. The van der Waals surface area contributed by atoms with Crippen LogP contribution in [0.1, 0.15) is 11.7 Å². The molecule has 1 aromatic rings. The van der Waals surface area contributed by atoms with Gasteiger partial charge in [0.25, 0.3) is 0 Å². The van der Waals surface area contributed by atoms with E-state index in [4.69, 9.17) is 4.74 Å². The Morgan fingerprint density at radius 1 is 1.10 bits per heavy atom. The number of ether oxygens (including phenoxy) is 2. The van der Waals surface area contributed by atoms with Gasteiger partial charge in [0, 0.05) is 17.7 Å². The second-order valence-electron chi connectivity index (χ2n) is 5.02. The highest BCUT2D eigenvalue weighted by molar-refractivity contribution is 5.36. The molecular weight excluding hydrogens is 272 g/mol. The maximum Gasteiger partial charge on any atom is 0.244 e. The largest absolute Gasteiger partial charge is 0.577 e. The molecule has 0 spiro atoms. The highest BCUT2D eigenvalue weighted by atomic mass is 16.5. The minimum Gasteiger partial charge on any atom is -0.577 e. The van der Waals surface area contributed by atoms with Crippen LogP contribution in [0.25, 0.3) is 0 Å². The van der Waals surface area contributed by atoms with E-state index in [1.807, 2.05) is 12.2 Å². The summed E-state index contributed by atoms with van der Waals surface area (Å²) in [6.45, 7) is 0. The first kappa shape index (κ1) is 13.6. The smallest absolute Gasteiger partial charge is 0.244 e. The summed E-state index contributed by atoms with van der Waals surface area (Å²) >= 11 is 0. The van der Waals surface area contributed by atoms with Gasteiger partial charge in [0.1, 0.15) is 17.8 Å². The molecule has 1 aromatic carbocycles. The third-order valence-corrected chi connectivity index (χ3v) is 3.69. The van der Waals surface area contributed by atoms with E-state index < -0.39 is 6.10 Å². The number of benzene rings is 1. The molecule has 0 bridgehead atoms. The van der Waals surface area contributed by atoms with Crippen LogP contribution in [0.3, 0.4) is 0 Å². The fourth-order valence-electron chi connectivity index (χ4n) is 2.60. The van der Waals surface area contributed by atoms with Crippen molar-refractivity contribution in [1.82, 2.24) is 0 Å². The molecule has 3 rings (SSSR count). The lowest BCUT2D eigenvalue weighted by atomic mass is 9.91. The van der Waals surface area contributed by atoms with Crippen molar-refractivity contribution in [3.63, 3.8) is 0 Å². The van der Waals surface area contributed by atoms with Gasteiger partial charge in [-0.25, -0.2) is 0 Å². The van der Waals surface area contributed by atoms with Gasteiger partial charge in [0.2, 0.25) is 11.9 Å². The molecule has 0 aromatic heterocycles. The predicted octanol–water partition coefficient (Wildman–Crippen LogP) is 1.82. The SMILES string of the molecule is COC1=C(O)C(O)C=C2[OH+]C(c3ccc(O)cc3)C=CC21. The Labute approximate surface area is 122 Å². The zero-order valence-corrected chi connectivity index (χ0v) is 11.5. The van der Waals surface area contributed by atoms with Gasteiger partial charge in [0.05, 0.1) is 7.11 Å². The molecule has 0 radical (unpaired) electrons. The first-order chi connectivity index (χ1) is 10.1. The van der Waals surface area contributed by atoms with Crippen molar-refractivity contribution >= 4 is 0 Å². The molecule has 110 valence electrons. The van der Waals surface area contributed by atoms with E-state index in [2.05, 4.69) is 4.74 Å². The number of rotatable bonds is 2. The van der Waals surface area contributed by atoms with E-state index in [1.54, 1.807) is 24.3 Å². The predicted molar refractivity (Wildman–Crippen MR) is 76.5 cm³/mol. The van der Waals surface area contributed by atoms with Crippen molar-refractivity contribution in [2.45, 2.75) is 12.2 Å². The van der Waals surface area contributed by atoms with Crippen LogP contribution in [0.4, 0.5) is 0 Å². The molecule has 1 heterocycles. The zero-order chi connectivity index (χ0) is 15.0. The fraction of sp³-hybridized carbons (Fsp3) is 0.250. The van der Waals surface area contributed by atoms with E-state index in [0.717, 1.165) is 5.56 Å². The van der Waals surface area contributed by atoms with Crippen LogP contribution >= 0.6 is 0 Å². The quantitative estimate of drug-likeness (QED) is 0.573. The van der Waals surface area contributed by atoms with Crippen molar-refractivity contribution in [2.75, 3.05) is 7.11 Å². The highest BCUT2D eigenvalue weighted by Gasteiger charge is 2.38. The lowest BCUT2D eigenvalue weighted by Crippen LogP contribution is -2.28. The van der Waals surface area contributed by atoms with Gasteiger partial charge in [-0.2, -0.15) is 0 Å². The van der Waals surface area contributed by atoms with Gasteiger partial charge in [-0.05, 0) is 24.3 Å². The Hall–Kier alpha value is -2.40. The van der Waals surface area contributed by atoms with Crippen molar-refractivity contribution in [3.8, 4) is 5.75 Å². The molecule has 0 amide bonds. The Morgan fingerprint density at radius 3 is 2.48 bits per heavy atom. The Bertz CT molecular complexity index is 627. The minimum absolute atomic E-state index is 0.172. The number of aromatic hydroxyl groups is 1. The van der Waals surface area contributed by atoms with Crippen molar-refractivity contribution in [1.29, 1.82) is 0 Å². The molecule has 0 saturated heterocycles.